The Kier molecular flexibility index (Phi) is 4.64. The zero-order valence-corrected chi connectivity index (χ0v) is 8.87. The van der Waals surface area contributed by atoms with Crippen LogP contribution in [0.4, 0.5) is 0 Å². The lowest BCUT2D eigenvalue weighted by molar-refractivity contribution is 0.215. The predicted octanol–water partition coefficient (Wildman–Crippen LogP) is 0.996. The number of hydrogen-bond acceptors (Lipinski definition) is 3. The van der Waals surface area contributed by atoms with Gasteiger partial charge in [0.25, 0.3) is 0 Å². The fourth-order valence-electron chi connectivity index (χ4n) is 1.94. The number of nitriles is 1. The minimum Gasteiger partial charge on any atom is -0.315 e. The monoisotopic (exact) mass is 193 g/mol. The summed E-state index contributed by atoms with van der Waals surface area (Å²) < 4.78 is 0. The molecule has 1 saturated heterocycles. The van der Waals surface area contributed by atoms with Crippen LogP contribution < -0.4 is 5.32 Å². The molecule has 2 unspecified atom stereocenters. The third kappa shape index (κ3) is 3.13. The quantitative estimate of drug-likeness (QED) is 0.680. The fourth-order valence-corrected chi connectivity index (χ4v) is 1.94. The number of hydrogen-bond donors (Lipinski definition) is 1. The maximum Gasteiger partial charge on any atom is 0.0638 e. The highest BCUT2D eigenvalue weighted by molar-refractivity contribution is 4.90. The van der Waals surface area contributed by atoms with Gasteiger partial charge in [-0.1, -0.05) is 13.0 Å². The van der Waals surface area contributed by atoms with Crippen molar-refractivity contribution in [3.8, 4) is 6.07 Å². The van der Waals surface area contributed by atoms with Gasteiger partial charge in [-0.2, -0.15) is 5.26 Å². The third-order valence-corrected chi connectivity index (χ3v) is 2.63. The molecule has 3 heteroatoms. The van der Waals surface area contributed by atoms with Crippen LogP contribution in [0.5, 0.6) is 0 Å². The lowest BCUT2D eigenvalue weighted by Gasteiger charge is -2.27. The van der Waals surface area contributed by atoms with Crippen molar-refractivity contribution in [2.45, 2.75) is 19.4 Å². The smallest absolute Gasteiger partial charge is 0.0638 e. The number of rotatable bonds is 3. The predicted molar refractivity (Wildman–Crippen MR) is 57.8 cm³/mol. The maximum absolute atomic E-state index is 8.73. The van der Waals surface area contributed by atoms with Gasteiger partial charge < -0.3 is 5.32 Å². The highest BCUT2D eigenvalue weighted by Crippen LogP contribution is 2.10. The van der Waals surface area contributed by atoms with Crippen molar-refractivity contribution in [2.75, 3.05) is 26.2 Å². The molecule has 1 aliphatic rings. The minimum atomic E-state index is 0.350. The molecule has 0 radical (unpaired) electrons. The molecule has 14 heavy (non-hydrogen) atoms. The van der Waals surface area contributed by atoms with E-state index in [1.54, 1.807) is 0 Å². The SMILES string of the molecule is C=CCN1CC(C)CNCC1CC#N. The fraction of sp³-hybridized carbons (Fsp3) is 0.727. The van der Waals surface area contributed by atoms with Gasteiger partial charge in [0, 0.05) is 25.7 Å². The lowest BCUT2D eigenvalue weighted by atomic mass is 10.1. The Hall–Kier alpha value is -0.850. The molecule has 1 N–H and O–H groups in total. The molecule has 0 bridgehead atoms. The molecule has 3 nitrogen and oxygen atoms in total. The first-order valence-corrected chi connectivity index (χ1v) is 5.20. The van der Waals surface area contributed by atoms with Crippen molar-refractivity contribution >= 4 is 0 Å². The topological polar surface area (TPSA) is 39.1 Å². The second kappa shape index (κ2) is 5.79. The molecule has 1 fully saturated rings. The largest absolute Gasteiger partial charge is 0.315 e. The third-order valence-electron chi connectivity index (χ3n) is 2.63. The van der Waals surface area contributed by atoms with Gasteiger partial charge in [0.05, 0.1) is 12.5 Å². The molecule has 1 heterocycles. The molecular formula is C11H19N3. The van der Waals surface area contributed by atoms with Crippen LogP contribution in [0.3, 0.4) is 0 Å². The highest BCUT2D eigenvalue weighted by Gasteiger charge is 2.22. The van der Waals surface area contributed by atoms with Crippen molar-refractivity contribution < 1.29 is 0 Å². The summed E-state index contributed by atoms with van der Waals surface area (Å²) >= 11 is 0. The van der Waals surface area contributed by atoms with Crippen LogP contribution >= 0.6 is 0 Å². The van der Waals surface area contributed by atoms with Crippen LogP contribution in [-0.4, -0.2) is 37.1 Å². The summed E-state index contributed by atoms with van der Waals surface area (Å²) in [5.74, 6) is 0.652. The standard InChI is InChI=1S/C11H19N3/c1-3-6-14-9-10(2)7-13-8-11(14)4-5-12/h3,10-11,13H,1,4,6-9H2,2H3. The molecule has 78 valence electrons. The molecule has 0 aromatic carbocycles. The Morgan fingerprint density at radius 1 is 1.64 bits per heavy atom. The van der Waals surface area contributed by atoms with Crippen LogP contribution in [0.15, 0.2) is 12.7 Å². The second-order valence-corrected chi connectivity index (χ2v) is 4.02. The van der Waals surface area contributed by atoms with Gasteiger partial charge in [-0.25, -0.2) is 0 Å². The highest BCUT2D eigenvalue weighted by atomic mass is 15.2. The molecular weight excluding hydrogens is 174 g/mol. The van der Waals surface area contributed by atoms with E-state index in [0.717, 1.165) is 26.2 Å². The molecule has 0 aromatic heterocycles. The maximum atomic E-state index is 8.73. The van der Waals surface area contributed by atoms with Gasteiger partial charge in [0.2, 0.25) is 0 Å². The van der Waals surface area contributed by atoms with Crippen LogP contribution in [0, 0.1) is 17.2 Å². The van der Waals surface area contributed by atoms with Gasteiger partial charge in [-0.05, 0) is 12.5 Å². The van der Waals surface area contributed by atoms with E-state index in [-0.39, 0.29) is 0 Å². The van der Waals surface area contributed by atoms with Crippen LogP contribution in [0.1, 0.15) is 13.3 Å². The molecule has 0 aliphatic carbocycles. The molecule has 1 rings (SSSR count). The molecule has 0 aromatic rings. The molecule has 0 amide bonds. The van der Waals surface area contributed by atoms with Crippen molar-refractivity contribution in [1.82, 2.24) is 10.2 Å². The van der Waals surface area contributed by atoms with E-state index in [0.29, 0.717) is 18.4 Å². The Bertz CT molecular complexity index is 219. The molecule has 0 saturated carbocycles. The van der Waals surface area contributed by atoms with Crippen molar-refractivity contribution in [3.05, 3.63) is 12.7 Å². The summed E-state index contributed by atoms with van der Waals surface area (Å²) in [5.41, 5.74) is 0. The minimum absolute atomic E-state index is 0.350. The van der Waals surface area contributed by atoms with E-state index in [9.17, 15) is 0 Å². The summed E-state index contributed by atoms with van der Waals surface area (Å²) in [5, 5.41) is 12.1. The van der Waals surface area contributed by atoms with Gasteiger partial charge >= 0.3 is 0 Å². The van der Waals surface area contributed by atoms with E-state index in [1.807, 2.05) is 6.08 Å². The molecule has 1 aliphatic heterocycles. The van der Waals surface area contributed by atoms with Crippen molar-refractivity contribution in [1.29, 1.82) is 5.26 Å². The van der Waals surface area contributed by atoms with Gasteiger partial charge in [0.1, 0.15) is 0 Å². The van der Waals surface area contributed by atoms with Crippen LogP contribution in [-0.2, 0) is 0 Å². The summed E-state index contributed by atoms with van der Waals surface area (Å²) in [7, 11) is 0. The summed E-state index contributed by atoms with van der Waals surface area (Å²) in [6, 6.07) is 2.60. The van der Waals surface area contributed by atoms with Crippen molar-refractivity contribution in [3.63, 3.8) is 0 Å². The first-order chi connectivity index (χ1) is 6.77. The van der Waals surface area contributed by atoms with E-state index < -0.39 is 0 Å². The lowest BCUT2D eigenvalue weighted by Crippen LogP contribution is -2.40. The Labute approximate surface area is 86.4 Å². The van der Waals surface area contributed by atoms with E-state index in [1.165, 1.54) is 0 Å². The molecule has 2 atom stereocenters. The van der Waals surface area contributed by atoms with Gasteiger partial charge in [-0.15, -0.1) is 6.58 Å². The van der Waals surface area contributed by atoms with Crippen LogP contribution in [0.25, 0.3) is 0 Å². The average molecular weight is 193 g/mol. The Morgan fingerprint density at radius 2 is 2.43 bits per heavy atom. The van der Waals surface area contributed by atoms with Gasteiger partial charge in [0.15, 0.2) is 0 Å². The van der Waals surface area contributed by atoms with E-state index in [4.69, 9.17) is 5.26 Å². The zero-order chi connectivity index (χ0) is 10.4. The number of nitrogens with one attached hydrogen (secondary N) is 1. The first kappa shape index (κ1) is 11.2. The average Bonchev–Trinajstić information content (AvgIpc) is 2.31. The normalized spacial score (nSPS) is 29.1. The summed E-state index contributed by atoms with van der Waals surface area (Å²) in [6.07, 6.45) is 2.52. The first-order valence-electron chi connectivity index (χ1n) is 5.20. The summed E-state index contributed by atoms with van der Waals surface area (Å²) in [6.45, 7) is 9.92. The second-order valence-electron chi connectivity index (χ2n) is 4.02. The zero-order valence-electron chi connectivity index (χ0n) is 8.87. The Morgan fingerprint density at radius 3 is 3.07 bits per heavy atom. The van der Waals surface area contributed by atoms with E-state index in [2.05, 4.69) is 29.8 Å². The van der Waals surface area contributed by atoms with Gasteiger partial charge in [-0.3, -0.25) is 4.90 Å². The summed E-state index contributed by atoms with van der Waals surface area (Å²) in [4.78, 5) is 2.35. The van der Waals surface area contributed by atoms with E-state index >= 15 is 0 Å². The number of nitrogens with zero attached hydrogens (tertiary/aromatic N) is 2. The molecule has 0 spiro atoms. The Balaban J connectivity index is 2.59. The van der Waals surface area contributed by atoms with Crippen molar-refractivity contribution in [2.24, 2.45) is 5.92 Å². The van der Waals surface area contributed by atoms with Crippen LogP contribution in [0.2, 0.25) is 0 Å².